The molecule has 0 atom stereocenters. The van der Waals surface area contributed by atoms with Crippen LogP contribution in [0.2, 0.25) is 0 Å². The Hall–Kier alpha value is -1.84. The quantitative estimate of drug-likeness (QED) is 0.683. The van der Waals surface area contributed by atoms with E-state index in [4.69, 9.17) is 11.2 Å². The van der Waals surface area contributed by atoms with E-state index in [2.05, 4.69) is 0 Å². The van der Waals surface area contributed by atoms with Crippen LogP contribution < -0.4 is 30.2 Å². The van der Waals surface area contributed by atoms with Gasteiger partial charge in [0.2, 0.25) is 6.49 Å². The van der Waals surface area contributed by atoms with Crippen molar-refractivity contribution in [2.75, 3.05) is 76.0 Å². The van der Waals surface area contributed by atoms with Crippen molar-refractivity contribution >= 4 is 51.1 Å². The molecule has 0 N–H and O–H groups in total. The van der Waals surface area contributed by atoms with E-state index in [9.17, 15) is 4.57 Å². The highest BCUT2D eigenvalue weighted by molar-refractivity contribution is 8.01. The van der Waals surface area contributed by atoms with E-state index in [1.54, 1.807) is 0 Å². The molecule has 0 unspecified atom stereocenters. The van der Waals surface area contributed by atoms with Crippen molar-refractivity contribution in [2.24, 2.45) is 0 Å². The number of hydrogen-bond donors (Lipinski definition) is 0. The number of rotatable bonds is 6. The normalized spacial score (nSPS) is 11.3. The molecule has 27 heavy (non-hydrogen) atoms. The van der Waals surface area contributed by atoms with Gasteiger partial charge in [-0.25, -0.2) is 0 Å². The van der Waals surface area contributed by atoms with E-state index in [1.807, 2.05) is 112 Å². The summed E-state index contributed by atoms with van der Waals surface area (Å²) in [6, 6.07) is 11.8. The summed E-state index contributed by atoms with van der Waals surface area (Å²) in [5, 5.41) is 1.33. The summed E-state index contributed by atoms with van der Waals surface area (Å²) in [5.74, 6) is 0. The summed E-state index contributed by atoms with van der Waals surface area (Å²) < 4.78 is 14.4. The summed E-state index contributed by atoms with van der Waals surface area (Å²) in [4.78, 5) is 7.85. The second-order valence-corrected chi connectivity index (χ2v) is 10.8. The van der Waals surface area contributed by atoms with Crippen molar-refractivity contribution in [3.8, 4) is 0 Å². The lowest BCUT2D eigenvalue weighted by Crippen LogP contribution is -2.31. The van der Waals surface area contributed by atoms with Gasteiger partial charge in [-0.05, 0) is 35.5 Å². The Morgan fingerprint density at radius 3 is 1.00 bits per heavy atom. The highest BCUT2D eigenvalue weighted by atomic mass is 35.7. The SMILES string of the molecule is CN(C)c1cccc(N(C)C)c1P(=O)(Cl)c1c(N(C)C)cccc1N(C)C. The average Bonchev–Trinajstić information content (AvgIpc) is 2.59. The molecular formula is C20H30ClN4OP. The van der Waals surface area contributed by atoms with Gasteiger partial charge in [0.25, 0.3) is 0 Å². The maximum absolute atomic E-state index is 14.4. The average molecular weight is 409 g/mol. The van der Waals surface area contributed by atoms with Gasteiger partial charge in [0.05, 0.1) is 33.4 Å². The zero-order valence-electron chi connectivity index (χ0n) is 17.5. The number of hydrogen-bond acceptors (Lipinski definition) is 5. The van der Waals surface area contributed by atoms with Gasteiger partial charge in [0, 0.05) is 56.4 Å². The molecule has 0 saturated carbocycles. The van der Waals surface area contributed by atoms with E-state index in [-0.39, 0.29) is 0 Å². The molecule has 0 bridgehead atoms. The smallest absolute Gasteiger partial charge is 0.233 e. The predicted molar refractivity (Wildman–Crippen MR) is 123 cm³/mol. The van der Waals surface area contributed by atoms with E-state index < -0.39 is 6.49 Å². The van der Waals surface area contributed by atoms with E-state index >= 15 is 0 Å². The van der Waals surface area contributed by atoms with Crippen molar-refractivity contribution < 1.29 is 4.57 Å². The van der Waals surface area contributed by atoms with Crippen LogP contribution in [0.4, 0.5) is 22.7 Å². The minimum absolute atomic E-state index is 0.666. The van der Waals surface area contributed by atoms with Crippen LogP contribution in [0.1, 0.15) is 0 Å². The van der Waals surface area contributed by atoms with Gasteiger partial charge in [-0.1, -0.05) is 12.1 Å². The van der Waals surface area contributed by atoms with Gasteiger partial charge in [-0.3, -0.25) is 4.57 Å². The number of anilines is 4. The highest BCUT2D eigenvalue weighted by Gasteiger charge is 2.36. The van der Waals surface area contributed by atoms with E-state index in [0.717, 1.165) is 22.7 Å². The molecule has 0 heterocycles. The van der Waals surface area contributed by atoms with Gasteiger partial charge in [-0.2, -0.15) is 0 Å². The number of halogens is 1. The van der Waals surface area contributed by atoms with Crippen LogP contribution in [0.25, 0.3) is 0 Å². The second-order valence-electron chi connectivity index (χ2n) is 7.40. The Balaban J connectivity index is 2.95. The molecule has 0 aliphatic carbocycles. The van der Waals surface area contributed by atoms with Crippen LogP contribution in [0.5, 0.6) is 0 Å². The standard InChI is InChI=1S/C20H30ClN4OP/c1-22(2)15-11-9-12-16(23(3)4)19(15)27(21,26)20-17(24(5)6)13-10-14-18(20)25(7)8/h9-14H,1-8H3. The molecule has 2 aromatic carbocycles. The fourth-order valence-corrected chi connectivity index (χ4v) is 6.72. The first-order valence-electron chi connectivity index (χ1n) is 8.76. The van der Waals surface area contributed by atoms with E-state index in [0.29, 0.717) is 10.6 Å². The lowest BCUT2D eigenvalue weighted by atomic mass is 10.2. The monoisotopic (exact) mass is 408 g/mol. The lowest BCUT2D eigenvalue weighted by molar-refractivity contribution is 0.595. The maximum Gasteiger partial charge on any atom is 0.233 e. The minimum atomic E-state index is -3.46. The fourth-order valence-electron chi connectivity index (χ4n) is 3.18. The van der Waals surface area contributed by atoms with Crippen LogP contribution in [-0.4, -0.2) is 56.4 Å². The molecule has 0 radical (unpaired) electrons. The third-order valence-electron chi connectivity index (χ3n) is 4.49. The Labute approximate surface area is 168 Å². The first-order valence-corrected chi connectivity index (χ1v) is 11.4. The maximum atomic E-state index is 14.4. The topological polar surface area (TPSA) is 30.0 Å². The highest BCUT2D eigenvalue weighted by Crippen LogP contribution is 2.56. The van der Waals surface area contributed by atoms with Gasteiger partial charge in [0.1, 0.15) is 0 Å². The third kappa shape index (κ3) is 4.04. The first-order chi connectivity index (χ1) is 12.5. The molecule has 0 fully saturated rings. The molecule has 0 spiro atoms. The van der Waals surface area contributed by atoms with Crippen molar-refractivity contribution in [3.05, 3.63) is 36.4 Å². The fraction of sp³-hybridized carbons (Fsp3) is 0.400. The molecule has 148 valence electrons. The second kappa shape index (κ2) is 8.04. The van der Waals surface area contributed by atoms with Gasteiger partial charge in [-0.15, -0.1) is 0 Å². The molecule has 5 nitrogen and oxygen atoms in total. The van der Waals surface area contributed by atoms with E-state index in [1.165, 1.54) is 0 Å². The molecule has 0 aliphatic heterocycles. The van der Waals surface area contributed by atoms with Crippen molar-refractivity contribution in [2.45, 2.75) is 0 Å². The summed E-state index contributed by atoms with van der Waals surface area (Å²) in [7, 11) is 15.6. The zero-order valence-corrected chi connectivity index (χ0v) is 19.1. The van der Waals surface area contributed by atoms with Gasteiger partial charge in [0.15, 0.2) is 0 Å². The van der Waals surface area contributed by atoms with Crippen LogP contribution >= 0.6 is 17.7 Å². The largest absolute Gasteiger partial charge is 0.377 e. The number of benzene rings is 2. The van der Waals surface area contributed by atoms with Crippen molar-refractivity contribution in [1.82, 2.24) is 0 Å². The summed E-state index contributed by atoms with van der Waals surface area (Å²) in [5.41, 5.74) is 3.44. The Kier molecular flexibility index (Phi) is 6.39. The molecule has 2 aromatic rings. The Morgan fingerprint density at radius 1 is 0.593 bits per heavy atom. The summed E-state index contributed by atoms with van der Waals surface area (Å²) >= 11 is 7.03. The zero-order chi connectivity index (χ0) is 20.5. The molecule has 7 heteroatoms. The predicted octanol–water partition coefficient (Wildman–Crippen LogP) is 3.42. The van der Waals surface area contributed by atoms with Crippen LogP contribution in [0.3, 0.4) is 0 Å². The lowest BCUT2D eigenvalue weighted by Gasteiger charge is -2.31. The summed E-state index contributed by atoms with van der Waals surface area (Å²) in [6.07, 6.45) is 0. The molecule has 2 rings (SSSR count). The Bertz CT molecular complexity index is 745. The molecule has 0 amide bonds. The minimum Gasteiger partial charge on any atom is -0.377 e. The number of nitrogens with zero attached hydrogens (tertiary/aromatic N) is 4. The van der Waals surface area contributed by atoms with Crippen molar-refractivity contribution in [1.29, 1.82) is 0 Å². The molecular weight excluding hydrogens is 379 g/mol. The molecule has 0 aromatic heterocycles. The first kappa shape index (κ1) is 21.5. The third-order valence-corrected chi connectivity index (χ3v) is 7.57. The van der Waals surface area contributed by atoms with Gasteiger partial charge < -0.3 is 19.6 Å². The summed E-state index contributed by atoms with van der Waals surface area (Å²) in [6.45, 7) is -3.46. The van der Waals surface area contributed by atoms with Crippen LogP contribution in [-0.2, 0) is 4.57 Å². The molecule has 0 saturated heterocycles. The Morgan fingerprint density at radius 2 is 0.815 bits per heavy atom. The van der Waals surface area contributed by atoms with Crippen LogP contribution in [0.15, 0.2) is 36.4 Å². The van der Waals surface area contributed by atoms with Crippen LogP contribution in [0, 0.1) is 0 Å². The molecule has 0 aliphatic rings. The van der Waals surface area contributed by atoms with Crippen molar-refractivity contribution in [3.63, 3.8) is 0 Å². The van der Waals surface area contributed by atoms with Gasteiger partial charge >= 0.3 is 0 Å².